The van der Waals surface area contributed by atoms with Crippen LogP contribution in [0.15, 0.2) is 18.6 Å². The molecular formula is C15H24N6. The lowest BCUT2D eigenvalue weighted by Gasteiger charge is -2.20. The first kappa shape index (κ1) is 15.3. The summed E-state index contributed by atoms with van der Waals surface area (Å²) >= 11 is 0. The van der Waals surface area contributed by atoms with Gasteiger partial charge in [-0.1, -0.05) is 0 Å². The van der Waals surface area contributed by atoms with E-state index in [-0.39, 0.29) is 0 Å². The average Bonchev–Trinajstić information content (AvgIpc) is 2.84. The molecule has 0 radical (unpaired) electrons. The van der Waals surface area contributed by atoms with E-state index in [1.165, 1.54) is 0 Å². The third-order valence-electron chi connectivity index (χ3n) is 3.51. The van der Waals surface area contributed by atoms with E-state index < -0.39 is 0 Å². The Morgan fingerprint density at radius 1 is 1.19 bits per heavy atom. The van der Waals surface area contributed by atoms with Crippen LogP contribution in [0.25, 0.3) is 0 Å². The molecule has 114 valence electrons. The molecule has 0 unspecified atom stereocenters. The lowest BCUT2D eigenvalue weighted by Crippen LogP contribution is -2.23. The van der Waals surface area contributed by atoms with E-state index in [4.69, 9.17) is 0 Å². The first-order valence-electron chi connectivity index (χ1n) is 7.17. The summed E-state index contributed by atoms with van der Waals surface area (Å²) < 4.78 is 2.06. The number of aryl methyl sites for hydroxylation is 3. The van der Waals surface area contributed by atoms with E-state index in [9.17, 15) is 0 Å². The van der Waals surface area contributed by atoms with Gasteiger partial charge in [0.15, 0.2) is 0 Å². The van der Waals surface area contributed by atoms with Crippen molar-refractivity contribution in [2.45, 2.75) is 19.8 Å². The number of imidazole rings is 1. The predicted octanol–water partition coefficient (Wildman–Crippen LogP) is 1.65. The summed E-state index contributed by atoms with van der Waals surface area (Å²) in [6, 6.07) is 0. The Morgan fingerprint density at radius 2 is 1.95 bits per heavy atom. The van der Waals surface area contributed by atoms with Gasteiger partial charge in [-0.3, -0.25) is 0 Å². The van der Waals surface area contributed by atoms with Gasteiger partial charge in [0, 0.05) is 65.3 Å². The number of nitrogens with zero attached hydrogens (tertiary/aromatic N) is 6. The largest absolute Gasteiger partial charge is 0.362 e. The van der Waals surface area contributed by atoms with E-state index >= 15 is 0 Å². The number of rotatable bonds is 6. The van der Waals surface area contributed by atoms with Gasteiger partial charge in [-0.2, -0.15) is 4.98 Å². The SMILES string of the molecule is Cc1cnc(N(C)CCCc2nccn2C)nc1N(C)C. The highest BCUT2D eigenvalue weighted by Crippen LogP contribution is 2.17. The van der Waals surface area contributed by atoms with Crippen molar-refractivity contribution in [3.8, 4) is 0 Å². The maximum atomic E-state index is 4.62. The van der Waals surface area contributed by atoms with E-state index in [1.54, 1.807) is 0 Å². The molecule has 21 heavy (non-hydrogen) atoms. The number of hydrogen-bond acceptors (Lipinski definition) is 5. The summed E-state index contributed by atoms with van der Waals surface area (Å²) in [5.74, 6) is 2.85. The molecule has 2 aromatic rings. The second-order valence-corrected chi connectivity index (χ2v) is 5.55. The zero-order valence-electron chi connectivity index (χ0n) is 13.5. The summed E-state index contributed by atoms with van der Waals surface area (Å²) in [5, 5.41) is 0. The third-order valence-corrected chi connectivity index (χ3v) is 3.51. The molecule has 0 saturated carbocycles. The Bertz CT molecular complexity index is 590. The highest BCUT2D eigenvalue weighted by atomic mass is 15.3. The standard InChI is InChI=1S/C15H24N6/c1-12-11-17-15(18-14(12)19(2)3)21(5)9-6-7-13-16-8-10-20(13)4/h8,10-11H,6-7,9H2,1-5H3. The Morgan fingerprint density at radius 3 is 2.57 bits per heavy atom. The van der Waals surface area contributed by atoms with Crippen molar-refractivity contribution in [2.24, 2.45) is 7.05 Å². The zero-order valence-corrected chi connectivity index (χ0v) is 13.5. The van der Waals surface area contributed by atoms with Crippen LogP contribution in [-0.2, 0) is 13.5 Å². The van der Waals surface area contributed by atoms with Gasteiger partial charge >= 0.3 is 0 Å². The van der Waals surface area contributed by atoms with Gasteiger partial charge in [0.05, 0.1) is 0 Å². The minimum atomic E-state index is 0.768. The Balaban J connectivity index is 1.95. The molecular weight excluding hydrogens is 264 g/mol. The van der Waals surface area contributed by atoms with Crippen molar-refractivity contribution >= 4 is 11.8 Å². The number of hydrogen-bond donors (Lipinski definition) is 0. The van der Waals surface area contributed by atoms with Crippen molar-refractivity contribution in [2.75, 3.05) is 37.5 Å². The second kappa shape index (κ2) is 6.56. The lowest BCUT2D eigenvalue weighted by molar-refractivity contribution is 0.705. The van der Waals surface area contributed by atoms with Gasteiger partial charge in [0.25, 0.3) is 0 Å². The van der Waals surface area contributed by atoms with Gasteiger partial charge in [0.2, 0.25) is 5.95 Å². The van der Waals surface area contributed by atoms with Crippen molar-refractivity contribution in [3.63, 3.8) is 0 Å². The van der Waals surface area contributed by atoms with Gasteiger partial charge in [-0.05, 0) is 13.3 Å². The molecule has 6 heteroatoms. The minimum absolute atomic E-state index is 0.768. The Kier molecular flexibility index (Phi) is 4.77. The molecule has 0 aromatic carbocycles. The van der Waals surface area contributed by atoms with Gasteiger partial charge < -0.3 is 14.4 Å². The molecule has 0 bridgehead atoms. The molecule has 2 rings (SSSR count). The van der Waals surface area contributed by atoms with Crippen LogP contribution in [0, 0.1) is 6.92 Å². The highest BCUT2D eigenvalue weighted by Gasteiger charge is 2.09. The fourth-order valence-electron chi connectivity index (χ4n) is 2.27. The monoisotopic (exact) mass is 288 g/mol. The zero-order chi connectivity index (χ0) is 15.4. The first-order valence-corrected chi connectivity index (χ1v) is 7.17. The van der Waals surface area contributed by atoms with Crippen LogP contribution in [0.1, 0.15) is 17.8 Å². The molecule has 0 aliphatic carbocycles. The van der Waals surface area contributed by atoms with Crippen LogP contribution in [0.4, 0.5) is 11.8 Å². The van der Waals surface area contributed by atoms with Crippen molar-refractivity contribution in [1.82, 2.24) is 19.5 Å². The summed E-state index contributed by atoms with van der Waals surface area (Å²) in [7, 11) is 8.06. The van der Waals surface area contributed by atoms with Crippen LogP contribution < -0.4 is 9.80 Å². The minimum Gasteiger partial charge on any atom is -0.362 e. The van der Waals surface area contributed by atoms with Crippen molar-refractivity contribution in [3.05, 3.63) is 30.0 Å². The highest BCUT2D eigenvalue weighted by molar-refractivity contribution is 5.48. The van der Waals surface area contributed by atoms with Crippen molar-refractivity contribution in [1.29, 1.82) is 0 Å². The average molecular weight is 288 g/mol. The molecule has 2 aromatic heterocycles. The van der Waals surface area contributed by atoms with Crippen LogP contribution in [0.2, 0.25) is 0 Å². The van der Waals surface area contributed by atoms with E-state index in [1.807, 2.05) is 58.6 Å². The van der Waals surface area contributed by atoms with Gasteiger partial charge in [0.1, 0.15) is 11.6 Å². The molecule has 0 spiro atoms. The molecule has 6 nitrogen and oxygen atoms in total. The van der Waals surface area contributed by atoms with E-state index in [0.717, 1.165) is 42.5 Å². The quantitative estimate of drug-likeness (QED) is 0.809. The molecule has 0 aliphatic rings. The number of anilines is 2. The van der Waals surface area contributed by atoms with Crippen LogP contribution in [0.5, 0.6) is 0 Å². The second-order valence-electron chi connectivity index (χ2n) is 5.55. The smallest absolute Gasteiger partial charge is 0.227 e. The van der Waals surface area contributed by atoms with Crippen LogP contribution in [-0.4, -0.2) is 47.2 Å². The molecule has 0 amide bonds. The Hall–Kier alpha value is -2.11. The first-order chi connectivity index (χ1) is 9.99. The molecule has 0 aliphatic heterocycles. The Labute approximate surface area is 126 Å². The predicted molar refractivity (Wildman–Crippen MR) is 85.9 cm³/mol. The fraction of sp³-hybridized carbons (Fsp3) is 0.533. The van der Waals surface area contributed by atoms with Crippen molar-refractivity contribution < 1.29 is 0 Å². The molecule has 2 heterocycles. The maximum Gasteiger partial charge on any atom is 0.227 e. The number of aromatic nitrogens is 4. The summed E-state index contributed by atoms with van der Waals surface area (Å²) in [4.78, 5) is 17.5. The van der Waals surface area contributed by atoms with Crippen LogP contribution in [0.3, 0.4) is 0 Å². The molecule has 0 saturated heterocycles. The third kappa shape index (κ3) is 3.71. The molecule has 0 N–H and O–H groups in total. The van der Waals surface area contributed by atoms with Crippen LogP contribution >= 0.6 is 0 Å². The normalized spacial score (nSPS) is 10.7. The fourth-order valence-corrected chi connectivity index (χ4v) is 2.27. The van der Waals surface area contributed by atoms with Gasteiger partial charge in [-0.15, -0.1) is 0 Å². The molecule has 0 atom stereocenters. The summed E-state index contributed by atoms with van der Waals surface area (Å²) in [6.07, 6.45) is 7.68. The van der Waals surface area contributed by atoms with E-state index in [2.05, 4.69) is 24.4 Å². The van der Waals surface area contributed by atoms with Gasteiger partial charge in [-0.25, -0.2) is 9.97 Å². The summed E-state index contributed by atoms with van der Waals surface area (Å²) in [5.41, 5.74) is 1.09. The topological polar surface area (TPSA) is 50.1 Å². The maximum absolute atomic E-state index is 4.62. The lowest BCUT2D eigenvalue weighted by atomic mass is 10.3. The molecule has 0 fully saturated rings. The summed E-state index contributed by atoms with van der Waals surface area (Å²) in [6.45, 7) is 2.93. The van der Waals surface area contributed by atoms with E-state index in [0.29, 0.717) is 0 Å².